The summed E-state index contributed by atoms with van der Waals surface area (Å²) < 4.78 is 0. The smallest absolute Gasteiger partial charge is 0.222 e. The zero-order valence-corrected chi connectivity index (χ0v) is 9.13. The highest BCUT2D eigenvalue weighted by Gasteiger charge is 2.21. The third-order valence-electron chi connectivity index (χ3n) is 2.81. The van der Waals surface area contributed by atoms with Crippen LogP contribution in [-0.4, -0.2) is 18.5 Å². The van der Waals surface area contributed by atoms with E-state index in [1.165, 1.54) is 16.8 Å². The number of anilines is 1. The number of rotatable bonds is 2. The molecular formula is C12H16N2O. The molecule has 15 heavy (non-hydrogen) atoms. The Balaban J connectivity index is 2.13. The normalized spacial score (nSPS) is 20.1. The Morgan fingerprint density at radius 3 is 2.53 bits per heavy atom. The molecule has 0 spiro atoms. The van der Waals surface area contributed by atoms with Crippen molar-refractivity contribution in [2.75, 3.05) is 11.9 Å². The first-order valence-corrected chi connectivity index (χ1v) is 5.26. The molecule has 1 atom stereocenters. The molecule has 3 nitrogen and oxygen atoms in total. The average Bonchev–Trinajstić information content (AvgIpc) is 2.58. The highest BCUT2D eigenvalue weighted by molar-refractivity contribution is 5.80. The summed E-state index contributed by atoms with van der Waals surface area (Å²) in [5.41, 5.74) is 3.63. The molecule has 2 N–H and O–H groups in total. The fourth-order valence-electron chi connectivity index (χ4n) is 1.95. The lowest BCUT2D eigenvalue weighted by atomic mass is 10.1. The van der Waals surface area contributed by atoms with Crippen LogP contribution in [-0.2, 0) is 4.79 Å². The van der Waals surface area contributed by atoms with Gasteiger partial charge in [-0.05, 0) is 25.0 Å². The van der Waals surface area contributed by atoms with Crippen molar-refractivity contribution in [3.63, 3.8) is 0 Å². The fourth-order valence-corrected chi connectivity index (χ4v) is 1.95. The fraction of sp³-hybridized carbons (Fsp3) is 0.417. The van der Waals surface area contributed by atoms with Crippen LogP contribution in [0.2, 0.25) is 0 Å². The molecule has 3 heteroatoms. The summed E-state index contributed by atoms with van der Waals surface area (Å²) in [6.07, 6.45) is 0.577. The molecule has 0 aromatic heterocycles. The van der Waals surface area contributed by atoms with Crippen molar-refractivity contribution in [2.45, 2.75) is 26.3 Å². The maximum atomic E-state index is 11.1. The molecule has 2 rings (SSSR count). The molecule has 0 bridgehead atoms. The van der Waals surface area contributed by atoms with Crippen LogP contribution in [0.4, 0.5) is 5.69 Å². The van der Waals surface area contributed by atoms with Gasteiger partial charge in [0.15, 0.2) is 0 Å². The molecule has 1 amide bonds. The summed E-state index contributed by atoms with van der Waals surface area (Å²) in [6, 6.07) is 6.45. The van der Waals surface area contributed by atoms with Crippen LogP contribution in [0.15, 0.2) is 18.2 Å². The summed E-state index contributed by atoms with van der Waals surface area (Å²) in [4.78, 5) is 11.1. The van der Waals surface area contributed by atoms with Crippen LogP contribution in [0, 0.1) is 13.8 Å². The van der Waals surface area contributed by atoms with Crippen molar-refractivity contribution < 1.29 is 4.79 Å². The van der Waals surface area contributed by atoms with Crippen LogP contribution >= 0.6 is 0 Å². The molecule has 1 fully saturated rings. The van der Waals surface area contributed by atoms with Gasteiger partial charge in [0.2, 0.25) is 5.91 Å². The Morgan fingerprint density at radius 2 is 2.00 bits per heavy atom. The number of hydrogen-bond donors (Lipinski definition) is 2. The van der Waals surface area contributed by atoms with Crippen LogP contribution in [0.25, 0.3) is 0 Å². The largest absolute Gasteiger partial charge is 0.380 e. The number of benzene rings is 1. The number of carbonyl (C=O) groups is 1. The maximum absolute atomic E-state index is 11.1. The van der Waals surface area contributed by atoms with E-state index in [0.717, 1.165) is 6.54 Å². The first-order chi connectivity index (χ1) is 7.16. The van der Waals surface area contributed by atoms with Gasteiger partial charge < -0.3 is 10.6 Å². The van der Waals surface area contributed by atoms with E-state index < -0.39 is 0 Å². The van der Waals surface area contributed by atoms with Crippen molar-refractivity contribution in [3.8, 4) is 0 Å². The molecule has 1 heterocycles. The van der Waals surface area contributed by atoms with Crippen LogP contribution in [0.5, 0.6) is 0 Å². The molecule has 0 saturated carbocycles. The first kappa shape index (κ1) is 10.0. The first-order valence-electron chi connectivity index (χ1n) is 5.26. The molecule has 0 aliphatic carbocycles. The predicted molar refractivity (Wildman–Crippen MR) is 61.0 cm³/mol. The second-order valence-electron chi connectivity index (χ2n) is 4.12. The van der Waals surface area contributed by atoms with Gasteiger partial charge in [-0.3, -0.25) is 4.79 Å². The summed E-state index contributed by atoms with van der Waals surface area (Å²) in [7, 11) is 0. The molecule has 1 unspecified atom stereocenters. The average molecular weight is 204 g/mol. The third kappa shape index (κ3) is 2.12. The Kier molecular flexibility index (Phi) is 2.62. The van der Waals surface area contributed by atoms with E-state index >= 15 is 0 Å². The minimum atomic E-state index is 0.138. The van der Waals surface area contributed by atoms with E-state index in [2.05, 4.69) is 36.6 Å². The second-order valence-corrected chi connectivity index (χ2v) is 4.12. The standard InChI is InChI=1S/C12H16N2O/c1-8-4-3-5-9(2)12(8)14-10-6-11(15)13-7-10/h3-5,10,14H,6-7H2,1-2H3,(H,13,15). The summed E-state index contributed by atoms with van der Waals surface area (Å²) in [5, 5.41) is 6.25. The Hall–Kier alpha value is -1.51. The van der Waals surface area contributed by atoms with E-state index in [0.29, 0.717) is 6.42 Å². The number of hydrogen-bond acceptors (Lipinski definition) is 2. The number of nitrogens with one attached hydrogen (secondary N) is 2. The monoisotopic (exact) mass is 204 g/mol. The minimum absolute atomic E-state index is 0.138. The van der Waals surface area contributed by atoms with Crippen molar-refractivity contribution in [1.82, 2.24) is 5.32 Å². The highest BCUT2D eigenvalue weighted by atomic mass is 16.1. The van der Waals surface area contributed by atoms with Crippen molar-refractivity contribution in [1.29, 1.82) is 0 Å². The number of carbonyl (C=O) groups excluding carboxylic acids is 1. The topological polar surface area (TPSA) is 41.1 Å². The van der Waals surface area contributed by atoms with Crippen LogP contribution in [0.3, 0.4) is 0 Å². The van der Waals surface area contributed by atoms with Gasteiger partial charge in [-0.25, -0.2) is 0 Å². The Morgan fingerprint density at radius 1 is 1.33 bits per heavy atom. The van der Waals surface area contributed by atoms with Gasteiger partial charge >= 0.3 is 0 Å². The SMILES string of the molecule is Cc1cccc(C)c1NC1CNC(=O)C1. The molecule has 1 aliphatic rings. The molecule has 1 saturated heterocycles. The summed E-state index contributed by atoms with van der Waals surface area (Å²) >= 11 is 0. The summed E-state index contributed by atoms with van der Waals surface area (Å²) in [6.45, 7) is 4.89. The lowest BCUT2D eigenvalue weighted by molar-refractivity contribution is -0.119. The molecular weight excluding hydrogens is 188 g/mol. The van der Waals surface area contributed by atoms with Crippen molar-refractivity contribution in [2.24, 2.45) is 0 Å². The van der Waals surface area contributed by atoms with Gasteiger partial charge in [-0.1, -0.05) is 18.2 Å². The summed E-state index contributed by atoms with van der Waals surface area (Å²) in [5.74, 6) is 0.138. The molecule has 1 aromatic rings. The number of amides is 1. The number of aryl methyl sites for hydroxylation is 2. The van der Waals surface area contributed by atoms with Crippen molar-refractivity contribution in [3.05, 3.63) is 29.3 Å². The highest BCUT2D eigenvalue weighted by Crippen LogP contribution is 2.21. The van der Waals surface area contributed by atoms with E-state index in [1.54, 1.807) is 0 Å². The quantitative estimate of drug-likeness (QED) is 0.768. The minimum Gasteiger partial charge on any atom is -0.380 e. The van der Waals surface area contributed by atoms with Crippen molar-refractivity contribution >= 4 is 11.6 Å². The van der Waals surface area contributed by atoms with E-state index in [-0.39, 0.29) is 11.9 Å². The lowest BCUT2D eigenvalue weighted by Gasteiger charge is -2.16. The van der Waals surface area contributed by atoms with Gasteiger partial charge in [0.25, 0.3) is 0 Å². The van der Waals surface area contributed by atoms with Gasteiger partial charge in [0.05, 0.1) is 6.04 Å². The van der Waals surface area contributed by atoms with E-state index in [9.17, 15) is 4.79 Å². The van der Waals surface area contributed by atoms with Gasteiger partial charge in [0.1, 0.15) is 0 Å². The van der Waals surface area contributed by atoms with Crippen LogP contribution < -0.4 is 10.6 Å². The number of para-hydroxylation sites is 1. The van der Waals surface area contributed by atoms with Crippen LogP contribution in [0.1, 0.15) is 17.5 Å². The second kappa shape index (κ2) is 3.93. The molecule has 1 aromatic carbocycles. The Bertz CT molecular complexity index is 367. The Labute approximate surface area is 89.9 Å². The van der Waals surface area contributed by atoms with E-state index in [1.807, 2.05) is 6.07 Å². The van der Waals surface area contributed by atoms with Gasteiger partial charge in [-0.15, -0.1) is 0 Å². The molecule has 0 radical (unpaired) electrons. The lowest BCUT2D eigenvalue weighted by Crippen LogP contribution is -2.23. The zero-order chi connectivity index (χ0) is 10.8. The molecule has 1 aliphatic heterocycles. The zero-order valence-electron chi connectivity index (χ0n) is 9.13. The predicted octanol–water partition coefficient (Wildman–Crippen LogP) is 1.60. The van der Waals surface area contributed by atoms with Gasteiger partial charge in [0, 0.05) is 18.7 Å². The third-order valence-corrected chi connectivity index (χ3v) is 2.81. The van der Waals surface area contributed by atoms with E-state index in [4.69, 9.17) is 0 Å². The molecule has 80 valence electrons. The van der Waals surface area contributed by atoms with Gasteiger partial charge in [-0.2, -0.15) is 0 Å². The maximum Gasteiger partial charge on any atom is 0.222 e.